The van der Waals surface area contributed by atoms with Crippen LogP contribution < -0.4 is 11.1 Å². The summed E-state index contributed by atoms with van der Waals surface area (Å²) in [5.74, 6) is -0.565. The van der Waals surface area contributed by atoms with Gasteiger partial charge in [0, 0.05) is 50.1 Å². The fourth-order valence-corrected chi connectivity index (χ4v) is 4.80. The molecule has 0 aliphatic carbocycles. The number of amides is 1. The second-order valence-electron chi connectivity index (χ2n) is 7.74. The Morgan fingerprint density at radius 2 is 1.56 bits per heavy atom. The molecule has 4 heterocycles. The molecule has 7 heteroatoms. The molecule has 25 heavy (non-hydrogen) atoms. The predicted molar refractivity (Wildman–Crippen MR) is 96.5 cm³/mol. The van der Waals surface area contributed by atoms with Crippen LogP contribution in [0.25, 0.3) is 0 Å². The van der Waals surface area contributed by atoms with Gasteiger partial charge in [-0.2, -0.15) is 0 Å². The zero-order chi connectivity index (χ0) is 17.8. The minimum absolute atomic E-state index is 0.0682. The first-order valence-corrected chi connectivity index (χ1v) is 10.2. The van der Waals surface area contributed by atoms with E-state index in [9.17, 15) is 9.59 Å². The second kappa shape index (κ2) is 8.75. The molecule has 6 nitrogen and oxygen atoms in total. The lowest BCUT2D eigenvalue weighted by molar-refractivity contribution is -0.423. The SMILES string of the molecule is O=C([S-])C1C(C(=O)N2CCCCC2)[C@@H]2CC[C@H]1O2.[NH3+]C1CCNCC1. The lowest BCUT2D eigenvalue weighted by Crippen LogP contribution is -2.63. The molecule has 4 aliphatic rings. The van der Waals surface area contributed by atoms with Gasteiger partial charge >= 0.3 is 0 Å². The van der Waals surface area contributed by atoms with Crippen molar-refractivity contribution in [2.45, 2.75) is 63.2 Å². The smallest absolute Gasteiger partial charge is 0.229 e. The lowest BCUT2D eigenvalue weighted by atomic mass is 9.79. The van der Waals surface area contributed by atoms with Crippen molar-refractivity contribution in [1.82, 2.24) is 10.2 Å². The van der Waals surface area contributed by atoms with Crippen molar-refractivity contribution in [2.75, 3.05) is 26.2 Å². The molecule has 4 aliphatic heterocycles. The van der Waals surface area contributed by atoms with Crippen molar-refractivity contribution in [2.24, 2.45) is 11.8 Å². The van der Waals surface area contributed by atoms with Crippen LogP contribution in [0.1, 0.15) is 44.9 Å². The average Bonchev–Trinajstić information content (AvgIpc) is 3.24. The summed E-state index contributed by atoms with van der Waals surface area (Å²) in [5, 5.41) is 2.98. The molecule has 0 radical (unpaired) electrons. The molecule has 4 atom stereocenters. The molecule has 4 rings (SSSR count). The minimum Gasteiger partial charge on any atom is -0.742 e. The molecule has 4 saturated heterocycles. The average molecular weight is 370 g/mol. The van der Waals surface area contributed by atoms with Crippen molar-refractivity contribution >= 4 is 23.7 Å². The summed E-state index contributed by atoms with van der Waals surface area (Å²) in [5.41, 5.74) is 3.96. The van der Waals surface area contributed by atoms with E-state index in [1.807, 2.05) is 4.90 Å². The molecule has 4 fully saturated rings. The first-order chi connectivity index (χ1) is 12.1. The number of hydrogen-bond donors (Lipinski definition) is 2. The standard InChI is InChI=1S/C13H19NO3S.C5H12N2/c15-12(14-6-2-1-3-7-14)10-8-4-5-9(17-8)11(10)13(16)18;6-5-1-3-7-4-2-5/h8-11H,1-7H2,(H,16,18);5,7H,1-4,6H2/t8-,9+,10?,11?;/m0./s1. The second-order valence-corrected chi connectivity index (χ2v) is 8.14. The van der Waals surface area contributed by atoms with Gasteiger partial charge in [0.25, 0.3) is 0 Å². The zero-order valence-electron chi connectivity index (χ0n) is 15.0. The number of nitrogens with one attached hydrogen (secondary N) is 1. The topological polar surface area (TPSA) is 86.3 Å². The van der Waals surface area contributed by atoms with E-state index in [2.05, 4.69) is 11.1 Å². The summed E-state index contributed by atoms with van der Waals surface area (Å²) in [4.78, 5) is 26.1. The van der Waals surface area contributed by atoms with Gasteiger partial charge in [0.15, 0.2) is 0 Å². The van der Waals surface area contributed by atoms with Crippen LogP contribution in [0.3, 0.4) is 0 Å². The Labute approximate surface area is 155 Å². The van der Waals surface area contributed by atoms with Gasteiger partial charge in [0.2, 0.25) is 5.91 Å². The van der Waals surface area contributed by atoms with E-state index in [0.29, 0.717) is 0 Å². The summed E-state index contributed by atoms with van der Waals surface area (Å²) in [6.45, 7) is 4.00. The molecule has 0 aromatic rings. The van der Waals surface area contributed by atoms with Crippen LogP contribution in [0.15, 0.2) is 0 Å². The van der Waals surface area contributed by atoms with Crippen molar-refractivity contribution in [3.63, 3.8) is 0 Å². The third kappa shape index (κ3) is 4.51. The van der Waals surface area contributed by atoms with Gasteiger partial charge in [-0.3, -0.25) is 4.79 Å². The van der Waals surface area contributed by atoms with Crippen LogP contribution in [-0.4, -0.2) is 60.4 Å². The molecule has 142 valence electrons. The zero-order valence-corrected chi connectivity index (χ0v) is 15.8. The minimum atomic E-state index is -0.367. The molecule has 2 bridgehead atoms. The predicted octanol–water partition coefficient (Wildman–Crippen LogP) is -0.154. The van der Waals surface area contributed by atoms with Crippen LogP contribution in [0, 0.1) is 11.8 Å². The van der Waals surface area contributed by atoms with Crippen LogP contribution >= 0.6 is 0 Å². The maximum Gasteiger partial charge on any atom is 0.229 e. The van der Waals surface area contributed by atoms with E-state index in [4.69, 9.17) is 17.4 Å². The molecule has 4 N–H and O–H groups in total. The summed E-state index contributed by atoms with van der Waals surface area (Å²) in [7, 11) is 0. The van der Waals surface area contributed by atoms with Gasteiger partial charge in [-0.05, 0) is 32.1 Å². The Morgan fingerprint density at radius 1 is 0.960 bits per heavy atom. The number of hydrogen-bond acceptors (Lipinski definition) is 5. The number of carbonyl (C=O) groups is 2. The maximum atomic E-state index is 12.6. The summed E-state index contributed by atoms with van der Waals surface area (Å²) >= 11 is 4.81. The normalized spacial score (nSPS) is 35.2. The maximum absolute atomic E-state index is 12.6. The Kier molecular flexibility index (Phi) is 6.66. The quantitative estimate of drug-likeness (QED) is 0.661. The Hall–Kier alpha value is -0.760. The van der Waals surface area contributed by atoms with Gasteiger partial charge in [-0.15, -0.1) is 0 Å². The Bertz CT molecular complexity index is 478. The fourth-order valence-electron chi connectivity index (χ4n) is 4.50. The van der Waals surface area contributed by atoms with Crippen LogP contribution in [0.4, 0.5) is 0 Å². The monoisotopic (exact) mass is 369 g/mol. The Balaban J connectivity index is 0.000000219. The number of fused-ring (bicyclic) bond motifs is 2. The highest BCUT2D eigenvalue weighted by atomic mass is 32.1. The van der Waals surface area contributed by atoms with Crippen LogP contribution in [0.5, 0.6) is 0 Å². The van der Waals surface area contributed by atoms with Crippen molar-refractivity contribution < 1.29 is 20.1 Å². The van der Waals surface area contributed by atoms with E-state index in [1.54, 1.807) is 0 Å². The van der Waals surface area contributed by atoms with Gasteiger partial charge in [0.05, 0.1) is 24.2 Å². The number of likely N-dealkylation sites (tertiary alicyclic amines) is 1. The fraction of sp³-hybridized carbons (Fsp3) is 0.889. The van der Waals surface area contributed by atoms with Crippen molar-refractivity contribution in [3.8, 4) is 0 Å². The van der Waals surface area contributed by atoms with Gasteiger partial charge in [0.1, 0.15) is 0 Å². The van der Waals surface area contributed by atoms with Gasteiger partial charge in [-0.1, -0.05) is 0 Å². The summed E-state index contributed by atoms with van der Waals surface area (Å²) < 4.78 is 5.74. The van der Waals surface area contributed by atoms with E-state index < -0.39 is 0 Å². The number of nitrogens with zero attached hydrogens (tertiary/aromatic N) is 1. The largest absolute Gasteiger partial charge is 0.742 e. The molecule has 1 amide bonds. The summed E-state index contributed by atoms with van der Waals surface area (Å²) in [6.07, 6.45) is 7.47. The molecular weight excluding hydrogens is 338 g/mol. The molecule has 0 aromatic carbocycles. The van der Waals surface area contributed by atoms with E-state index in [0.717, 1.165) is 44.8 Å². The summed E-state index contributed by atoms with van der Waals surface area (Å²) in [6, 6.07) is 0.723. The van der Waals surface area contributed by atoms with Crippen LogP contribution in [-0.2, 0) is 27.0 Å². The highest BCUT2D eigenvalue weighted by molar-refractivity contribution is 7.77. The van der Waals surface area contributed by atoms with E-state index >= 15 is 0 Å². The number of rotatable bonds is 2. The molecule has 2 unspecified atom stereocenters. The lowest BCUT2D eigenvalue weighted by Gasteiger charge is -2.34. The van der Waals surface area contributed by atoms with Gasteiger partial charge in [-0.25, -0.2) is 0 Å². The highest BCUT2D eigenvalue weighted by Crippen LogP contribution is 2.44. The first kappa shape index (κ1) is 19.0. The van der Waals surface area contributed by atoms with Gasteiger partial charge < -0.3 is 38.1 Å². The van der Waals surface area contributed by atoms with E-state index in [-0.39, 0.29) is 35.1 Å². The third-order valence-electron chi connectivity index (χ3n) is 5.96. The number of piperidine rings is 2. The molecular formula is C18H31N3O3S. The first-order valence-electron chi connectivity index (χ1n) is 9.77. The van der Waals surface area contributed by atoms with Crippen molar-refractivity contribution in [3.05, 3.63) is 0 Å². The highest BCUT2D eigenvalue weighted by Gasteiger charge is 2.53. The van der Waals surface area contributed by atoms with E-state index in [1.165, 1.54) is 32.4 Å². The number of quaternary nitrogens is 1. The third-order valence-corrected chi connectivity index (χ3v) is 6.23. The number of ether oxygens (including phenoxy) is 1. The van der Waals surface area contributed by atoms with Crippen molar-refractivity contribution in [1.29, 1.82) is 0 Å². The van der Waals surface area contributed by atoms with Crippen LogP contribution in [0.2, 0.25) is 0 Å². The molecule has 0 aromatic heterocycles. The number of carbonyl (C=O) groups excluding carboxylic acids is 2. The Morgan fingerprint density at radius 3 is 2.08 bits per heavy atom. The molecule has 0 saturated carbocycles. The molecule has 0 spiro atoms.